The Labute approximate surface area is 86.5 Å². The molecule has 0 bridgehead atoms. The van der Waals surface area contributed by atoms with E-state index in [0.717, 1.165) is 12.3 Å². The zero-order chi connectivity index (χ0) is 11.4. The average Bonchev–Trinajstić information content (AvgIpc) is 1.78. The van der Waals surface area contributed by atoms with Gasteiger partial charge in [0.15, 0.2) is 0 Å². The van der Waals surface area contributed by atoms with Gasteiger partial charge in [-0.25, -0.2) is 0 Å². The molecule has 0 aromatic rings. The molecule has 0 spiro atoms. The predicted octanol–water partition coefficient (Wildman–Crippen LogP) is 4.89. The molecule has 0 rings (SSSR count). The van der Waals surface area contributed by atoms with Crippen LogP contribution in [-0.4, -0.2) is 0 Å². The van der Waals surface area contributed by atoms with E-state index < -0.39 is 0 Å². The molecule has 0 N–H and O–H groups in total. The Balaban J connectivity index is 4.16. The van der Waals surface area contributed by atoms with Gasteiger partial charge in [0, 0.05) is 1.37 Å². The lowest BCUT2D eigenvalue weighted by molar-refractivity contribution is 0.215. The van der Waals surface area contributed by atoms with E-state index in [-0.39, 0.29) is 0 Å². The lowest BCUT2D eigenvalue weighted by atomic mass is 9.76. The van der Waals surface area contributed by atoms with Crippen LogP contribution in [-0.2, 0) is 0 Å². The summed E-state index contributed by atoms with van der Waals surface area (Å²) in [5.74, 6) is 0.729. The van der Waals surface area contributed by atoms with Crippen molar-refractivity contribution in [3.63, 3.8) is 0 Å². The molecule has 13 heavy (non-hydrogen) atoms. The smallest absolute Gasteiger partial charge is 0.0230 e. The minimum Gasteiger partial charge on any atom is -0.0651 e. The van der Waals surface area contributed by atoms with Crippen molar-refractivity contribution in [2.45, 2.75) is 67.7 Å². The first-order valence-corrected chi connectivity index (χ1v) is 5.43. The third-order valence-electron chi connectivity index (χ3n) is 2.21. The summed E-state index contributed by atoms with van der Waals surface area (Å²) in [5.41, 5.74) is 0.816. The second kappa shape index (κ2) is 4.48. The summed E-state index contributed by atoms with van der Waals surface area (Å²) < 4.78 is 7.35. The lowest BCUT2D eigenvalue weighted by Crippen LogP contribution is -2.18. The first-order valence-electron chi connectivity index (χ1n) is 6.14. The second-order valence-electron chi connectivity index (χ2n) is 6.68. The van der Waals surface area contributed by atoms with Gasteiger partial charge in [0.2, 0.25) is 0 Å². The summed E-state index contributed by atoms with van der Waals surface area (Å²) in [6.07, 6.45) is 3.57. The van der Waals surface area contributed by atoms with Crippen molar-refractivity contribution < 1.29 is 1.37 Å². The highest BCUT2D eigenvalue weighted by atomic mass is 14.3. The Bertz CT molecular complexity index is 132. The number of hydrogen-bond donors (Lipinski definition) is 0. The summed E-state index contributed by atoms with van der Waals surface area (Å²) >= 11 is 0. The Morgan fingerprint density at radius 3 is 1.54 bits per heavy atom. The van der Waals surface area contributed by atoms with E-state index in [1.165, 1.54) is 12.8 Å². The maximum Gasteiger partial charge on any atom is 0.0230 e. The molecule has 0 heteroatoms. The Kier molecular flexibility index (Phi) is 3.82. The average molecular weight is 185 g/mol. The third-order valence-corrected chi connectivity index (χ3v) is 2.21. The molecule has 0 aliphatic rings. The standard InChI is InChI=1S/C13H28/c1-8-11(9-12(2,3)4)10-13(5,6)7/h11H,8-10H2,1-7H3/i1D. The van der Waals surface area contributed by atoms with Gasteiger partial charge in [0.05, 0.1) is 0 Å². The van der Waals surface area contributed by atoms with Crippen LogP contribution in [0.15, 0.2) is 0 Å². The minimum atomic E-state index is 0.408. The monoisotopic (exact) mass is 185 g/mol. The van der Waals surface area contributed by atoms with E-state index in [1.807, 2.05) is 0 Å². The summed E-state index contributed by atoms with van der Waals surface area (Å²) in [6.45, 7) is 14.4. The fraction of sp³-hybridized carbons (Fsp3) is 1.00. The molecule has 0 amide bonds. The largest absolute Gasteiger partial charge is 0.0651 e. The molecule has 0 radical (unpaired) electrons. The highest BCUT2D eigenvalue weighted by molar-refractivity contribution is 4.73. The van der Waals surface area contributed by atoms with E-state index in [1.54, 1.807) is 0 Å². The Morgan fingerprint density at radius 1 is 0.923 bits per heavy atom. The van der Waals surface area contributed by atoms with Gasteiger partial charge in [-0.2, -0.15) is 0 Å². The highest BCUT2D eigenvalue weighted by Crippen LogP contribution is 2.34. The van der Waals surface area contributed by atoms with Gasteiger partial charge in [-0.3, -0.25) is 0 Å². The van der Waals surface area contributed by atoms with Crippen LogP contribution in [0.5, 0.6) is 0 Å². The molecule has 0 saturated carbocycles. The zero-order valence-corrected chi connectivity index (χ0v) is 10.4. The van der Waals surface area contributed by atoms with E-state index in [2.05, 4.69) is 41.5 Å². The summed E-state index contributed by atoms with van der Waals surface area (Å²) in [4.78, 5) is 0. The molecule has 0 nitrogen and oxygen atoms in total. The van der Waals surface area contributed by atoms with E-state index in [9.17, 15) is 0 Å². The summed E-state index contributed by atoms with van der Waals surface area (Å²) in [5, 5.41) is 0. The van der Waals surface area contributed by atoms with Crippen LogP contribution in [0, 0.1) is 16.7 Å². The molecule has 0 unspecified atom stereocenters. The van der Waals surface area contributed by atoms with Crippen LogP contribution >= 0.6 is 0 Å². The number of rotatable bonds is 3. The summed E-state index contributed by atoms with van der Waals surface area (Å²) in [7, 11) is 0. The van der Waals surface area contributed by atoms with E-state index >= 15 is 0 Å². The lowest BCUT2D eigenvalue weighted by Gasteiger charge is -2.30. The second-order valence-corrected chi connectivity index (χ2v) is 6.68. The van der Waals surface area contributed by atoms with Crippen molar-refractivity contribution >= 4 is 0 Å². The van der Waals surface area contributed by atoms with Gasteiger partial charge in [0.25, 0.3) is 0 Å². The predicted molar refractivity (Wildman–Crippen MR) is 61.9 cm³/mol. The topological polar surface area (TPSA) is 0 Å². The maximum atomic E-state index is 7.35. The van der Waals surface area contributed by atoms with E-state index in [0.29, 0.717) is 17.7 Å². The van der Waals surface area contributed by atoms with Gasteiger partial charge in [-0.05, 0) is 29.6 Å². The Morgan fingerprint density at radius 2 is 1.31 bits per heavy atom. The molecule has 0 aliphatic heterocycles. The van der Waals surface area contributed by atoms with Gasteiger partial charge in [0.1, 0.15) is 0 Å². The molecule has 0 aromatic heterocycles. The van der Waals surface area contributed by atoms with Crippen LogP contribution in [0.3, 0.4) is 0 Å². The van der Waals surface area contributed by atoms with Crippen LogP contribution in [0.25, 0.3) is 0 Å². The van der Waals surface area contributed by atoms with Gasteiger partial charge in [-0.1, -0.05) is 54.9 Å². The normalized spacial score (nSPS) is 14.8. The first-order chi connectivity index (χ1) is 6.14. The number of hydrogen-bond acceptors (Lipinski definition) is 0. The SMILES string of the molecule is [2H]CCC(CC(C)(C)C)CC(C)(C)C. The molecule has 80 valence electrons. The van der Waals surface area contributed by atoms with Crippen LogP contribution < -0.4 is 0 Å². The molecule has 0 heterocycles. The van der Waals surface area contributed by atoms with Crippen LogP contribution in [0.4, 0.5) is 0 Å². The molecular formula is C13H28. The first kappa shape index (κ1) is 11.1. The Hall–Kier alpha value is 0. The molecule has 0 aromatic carbocycles. The molecular weight excluding hydrogens is 156 g/mol. The highest BCUT2D eigenvalue weighted by Gasteiger charge is 2.22. The van der Waals surface area contributed by atoms with Crippen LogP contribution in [0.2, 0.25) is 0 Å². The van der Waals surface area contributed by atoms with Crippen molar-refractivity contribution in [3.8, 4) is 0 Å². The zero-order valence-electron chi connectivity index (χ0n) is 11.4. The maximum absolute atomic E-state index is 7.35. The molecule has 0 atom stereocenters. The van der Waals surface area contributed by atoms with Crippen LogP contribution in [0.1, 0.15) is 69.1 Å². The fourth-order valence-electron chi connectivity index (χ4n) is 2.01. The van der Waals surface area contributed by atoms with Gasteiger partial charge < -0.3 is 0 Å². The molecule has 0 saturated heterocycles. The molecule has 0 fully saturated rings. The van der Waals surface area contributed by atoms with Crippen molar-refractivity contribution in [3.05, 3.63) is 0 Å². The van der Waals surface area contributed by atoms with E-state index in [4.69, 9.17) is 1.37 Å². The third kappa shape index (κ3) is 8.33. The quantitative estimate of drug-likeness (QED) is 0.587. The van der Waals surface area contributed by atoms with Crippen molar-refractivity contribution in [1.82, 2.24) is 0 Å². The summed E-state index contributed by atoms with van der Waals surface area (Å²) in [6, 6.07) is 0. The van der Waals surface area contributed by atoms with Crippen molar-refractivity contribution in [2.75, 3.05) is 0 Å². The minimum absolute atomic E-state index is 0.408. The molecule has 0 aliphatic carbocycles. The van der Waals surface area contributed by atoms with Gasteiger partial charge >= 0.3 is 0 Å². The van der Waals surface area contributed by atoms with Crippen molar-refractivity contribution in [1.29, 1.82) is 0 Å². The van der Waals surface area contributed by atoms with Gasteiger partial charge in [-0.15, -0.1) is 0 Å². The fourth-order valence-corrected chi connectivity index (χ4v) is 2.01. The van der Waals surface area contributed by atoms with Crippen molar-refractivity contribution in [2.24, 2.45) is 16.7 Å².